The van der Waals surface area contributed by atoms with Crippen LogP contribution in [-0.4, -0.2) is 12.2 Å². The first-order valence-corrected chi connectivity index (χ1v) is 4.11. The molecule has 1 heteroatoms. The van der Waals surface area contributed by atoms with Crippen LogP contribution in [0, 0.1) is 6.92 Å². The van der Waals surface area contributed by atoms with Crippen molar-refractivity contribution in [3.63, 3.8) is 0 Å². The summed E-state index contributed by atoms with van der Waals surface area (Å²) >= 11 is 0. The molecule has 0 aliphatic rings. The molecule has 0 amide bonds. The molecule has 0 aromatic heterocycles. The zero-order valence-corrected chi connectivity index (χ0v) is 7.39. The summed E-state index contributed by atoms with van der Waals surface area (Å²) in [5, 5.41) is 0. The van der Waals surface area contributed by atoms with Crippen LogP contribution in [0.15, 0.2) is 0 Å². The summed E-state index contributed by atoms with van der Waals surface area (Å²) in [5.41, 5.74) is 0. The Morgan fingerprint density at radius 2 is 1.90 bits per heavy atom. The van der Waals surface area contributed by atoms with Crippen molar-refractivity contribution in [3.8, 4) is 0 Å². The predicted octanol–water partition coefficient (Wildman–Crippen LogP) is 2.80. The minimum Gasteiger partial charge on any atom is -0.376 e. The summed E-state index contributed by atoms with van der Waals surface area (Å²) in [5.74, 6) is 0. The molecule has 0 saturated carbocycles. The molecular weight excluding hydrogens is 124 g/mol. The van der Waals surface area contributed by atoms with E-state index in [0.717, 1.165) is 12.8 Å². The molecule has 0 bridgehead atoms. The molecule has 1 atom stereocenters. The van der Waals surface area contributed by atoms with Gasteiger partial charge in [-0.2, -0.15) is 0 Å². The highest BCUT2D eigenvalue weighted by Crippen LogP contribution is 2.05. The molecule has 0 heterocycles. The van der Waals surface area contributed by atoms with Gasteiger partial charge >= 0.3 is 0 Å². The first kappa shape index (κ1) is 9.96. The van der Waals surface area contributed by atoms with Gasteiger partial charge in [-0.05, 0) is 27.2 Å². The fourth-order valence-electron chi connectivity index (χ4n) is 0.964. The summed E-state index contributed by atoms with van der Waals surface area (Å²) in [7, 11) is 0. The molecule has 0 saturated heterocycles. The van der Waals surface area contributed by atoms with Crippen LogP contribution in [0.1, 0.15) is 40.0 Å². The van der Waals surface area contributed by atoms with Gasteiger partial charge in [0.15, 0.2) is 0 Å². The third kappa shape index (κ3) is 6.09. The molecule has 0 aliphatic heterocycles. The normalized spacial score (nSPS) is 14.1. The second-order valence-corrected chi connectivity index (χ2v) is 2.99. The van der Waals surface area contributed by atoms with E-state index in [1.807, 2.05) is 0 Å². The minimum atomic E-state index is 0.361. The van der Waals surface area contributed by atoms with Gasteiger partial charge in [-0.1, -0.05) is 19.8 Å². The number of ether oxygens (including phenoxy) is 1. The lowest BCUT2D eigenvalue weighted by Gasteiger charge is -2.14. The van der Waals surface area contributed by atoms with Crippen LogP contribution in [0.2, 0.25) is 0 Å². The molecule has 0 spiro atoms. The van der Waals surface area contributed by atoms with E-state index in [1.54, 1.807) is 0 Å². The monoisotopic (exact) mass is 143 g/mol. The van der Waals surface area contributed by atoms with E-state index in [9.17, 15) is 0 Å². The standard InChI is InChI=1S/C9H19O/c1-5-6-7-9(4)10-8(2)3/h8-9H,1,5-7H2,2-4H3. The summed E-state index contributed by atoms with van der Waals surface area (Å²) in [4.78, 5) is 0. The first-order valence-electron chi connectivity index (χ1n) is 4.11. The third-order valence-electron chi connectivity index (χ3n) is 1.37. The van der Waals surface area contributed by atoms with Crippen molar-refractivity contribution < 1.29 is 4.74 Å². The van der Waals surface area contributed by atoms with E-state index in [4.69, 9.17) is 4.74 Å². The Bertz CT molecular complexity index is 69.1. The highest BCUT2D eigenvalue weighted by atomic mass is 16.5. The Hall–Kier alpha value is -0.0400. The smallest absolute Gasteiger partial charge is 0.0550 e. The van der Waals surface area contributed by atoms with E-state index in [1.165, 1.54) is 6.42 Å². The third-order valence-corrected chi connectivity index (χ3v) is 1.37. The molecule has 0 aliphatic carbocycles. The molecule has 10 heavy (non-hydrogen) atoms. The summed E-state index contributed by atoms with van der Waals surface area (Å²) in [6.07, 6.45) is 4.10. The first-order chi connectivity index (χ1) is 4.66. The maximum atomic E-state index is 5.52. The van der Waals surface area contributed by atoms with Gasteiger partial charge in [0.05, 0.1) is 12.2 Å². The zero-order valence-electron chi connectivity index (χ0n) is 7.39. The number of hydrogen-bond donors (Lipinski definition) is 0. The second kappa shape index (κ2) is 5.72. The van der Waals surface area contributed by atoms with E-state index in [-0.39, 0.29) is 0 Å². The van der Waals surface area contributed by atoms with E-state index >= 15 is 0 Å². The highest BCUT2D eigenvalue weighted by molar-refractivity contribution is 4.53. The summed E-state index contributed by atoms with van der Waals surface area (Å²) in [6.45, 7) is 10.0. The topological polar surface area (TPSA) is 9.23 Å². The average Bonchev–Trinajstić information content (AvgIpc) is 1.82. The van der Waals surface area contributed by atoms with Crippen molar-refractivity contribution in [2.24, 2.45) is 0 Å². The van der Waals surface area contributed by atoms with E-state index < -0.39 is 0 Å². The Balaban J connectivity index is 3.16. The van der Waals surface area contributed by atoms with Crippen LogP contribution < -0.4 is 0 Å². The predicted molar refractivity (Wildman–Crippen MR) is 44.9 cm³/mol. The fourth-order valence-corrected chi connectivity index (χ4v) is 0.964. The molecule has 1 nitrogen and oxygen atoms in total. The van der Waals surface area contributed by atoms with Crippen LogP contribution >= 0.6 is 0 Å². The Morgan fingerprint density at radius 1 is 1.30 bits per heavy atom. The van der Waals surface area contributed by atoms with Crippen molar-refractivity contribution in [2.75, 3.05) is 0 Å². The molecule has 0 aromatic carbocycles. The molecule has 1 unspecified atom stereocenters. The van der Waals surface area contributed by atoms with Crippen molar-refractivity contribution in [1.82, 2.24) is 0 Å². The van der Waals surface area contributed by atoms with Crippen molar-refractivity contribution in [2.45, 2.75) is 52.2 Å². The second-order valence-electron chi connectivity index (χ2n) is 2.99. The van der Waals surface area contributed by atoms with Crippen LogP contribution in [0.3, 0.4) is 0 Å². The molecular formula is C9H19O. The fraction of sp³-hybridized carbons (Fsp3) is 0.889. The molecule has 0 aromatic rings. The SMILES string of the molecule is [CH2]CCCC(C)OC(C)C. The van der Waals surface area contributed by atoms with Gasteiger partial charge in [0.1, 0.15) is 0 Å². The van der Waals surface area contributed by atoms with Crippen LogP contribution in [0.4, 0.5) is 0 Å². The zero-order chi connectivity index (χ0) is 7.98. The van der Waals surface area contributed by atoms with Gasteiger partial charge in [0.2, 0.25) is 0 Å². The quantitative estimate of drug-likeness (QED) is 0.575. The molecule has 61 valence electrons. The highest BCUT2D eigenvalue weighted by Gasteiger charge is 2.02. The Morgan fingerprint density at radius 3 is 2.30 bits per heavy atom. The van der Waals surface area contributed by atoms with Crippen molar-refractivity contribution in [3.05, 3.63) is 6.92 Å². The van der Waals surface area contributed by atoms with Gasteiger partial charge in [0.25, 0.3) is 0 Å². The van der Waals surface area contributed by atoms with E-state index in [2.05, 4.69) is 27.7 Å². The summed E-state index contributed by atoms with van der Waals surface area (Å²) in [6, 6.07) is 0. The van der Waals surface area contributed by atoms with Gasteiger partial charge in [0, 0.05) is 0 Å². The number of hydrogen-bond acceptors (Lipinski definition) is 1. The van der Waals surface area contributed by atoms with Gasteiger partial charge in [-0.3, -0.25) is 0 Å². The Labute approximate surface area is 64.8 Å². The lowest BCUT2D eigenvalue weighted by Crippen LogP contribution is -2.13. The largest absolute Gasteiger partial charge is 0.376 e. The molecule has 0 rings (SSSR count). The average molecular weight is 143 g/mol. The van der Waals surface area contributed by atoms with Crippen molar-refractivity contribution >= 4 is 0 Å². The van der Waals surface area contributed by atoms with Crippen LogP contribution in [0.25, 0.3) is 0 Å². The Kier molecular flexibility index (Phi) is 5.70. The maximum Gasteiger partial charge on any atom is 0.0550 e. The summed E-state index contributed by atoms with van der Waals surface area (Å²) < 4.78 is 5.52. The maximum absolute atomic E-state index is 5.52. The molecule has 1 radical (unpaired) electrons. The van der Waals surface area contributed by atoms with Gasteiger partial charge < -0.3 is 4.74 Å². The number of unbranched alkanes of at least 4 members (excludes halogenated alkanes) is 1. The lowest BCUT2D eigenvalue weighted by molar-refractivity contribution is 0.0136. The van der Waals surface area contributed by atoms with Gasteiger partial charge in [-0.15, -0.1) is 0 Å². The van der Waals surface area contributed by atoms with Crippen LogP contribution in [-0.2, 0) is 4.74 Å². The lowest BCUT2D eigenvalue weighted by atomic mass is 10.2. The molecule has 0 fully saturated rings. The van der Waals surface area contributed by atoms with E-state index in [0.29, 0.717) is 12.2 Å². The molecule has 0 N–H and O–H groups in total. The van der Waals surface area contributed by atoms with Crippen LogP contribution in [0.5, 0.6) is 0 Å². The minimum absolute atomic E-state index is 0.361. The van der Waals surface area contributed by atoms with Crippen molar-refractivity contribution in [1.29, 1.82) is 0 Å². The number of rotatable bonds is 5. The van der Waals surface area contributed by atoms with Gasteiger partial charge in [-0.25, -0.2) is 0 Å².